The van der Waals surface area contributed by atoms with E-state index in [2.05, 4.69) is 0 Å². The van der Waals surface area contributed by atoms with Crippen LogP contribution in [-0.4, -0.2) is 18.7 Å². The number of rotatable bonds is 2. The van der Waals surface area contributed by atoms with Gasteiger partial charge in [-0.05, 0) is 32.9 Å². The molecule has 15 heavy (non-hydrogen) atoms. The van der Waals surface area contributed by atoms with Gasteiger partial charge in [-0.1, -0.05) is 0 Å². The topological polar surface area (TPSA) is 38.8 Å². The fourth-order valence-electron chi connectivity index (χ4n) is 1.79. The molecule has 2 atom stereocenters. The third-order valence-corrected chi connectivity index (χ3v) is 4.27. The molecule has 1 aromatic rings. The first-order valence-electron chi connectivity index (χ1n) is 4.79. The number of hydrogen-bond acceptors (Lipinski definition) is 4. The predicted octanol–water partition coefficient (Wildman–Crippen LogP) is 2.23. The molecule has 1 aliphatic heterocycles. The second kappa shape index (κ2) is 3.06. The third kappa shape index (κ3) is 1.32. The van der Waals surface area contributed by atoms with Crippen molar-refractivity contribution >= 4 is 17.3 Å². The smallest absolute Gasteiger partial charge is 0.341 e. The van der Waals surface area contributed by atoms with E-state index in [-0.39, 0.29) is 5.97 Å². The Labute approximate surface area is 93.0 Å². The fourth-order valence-corrected chi connectivity index (χ4v) is 2.84. The minimum Gasteiger partial charge on any atom is -0.467 e. The summed E-state index contributed by atoms with van der Waals surface area (Å²) < 4.78 is 10.3. The molecule has 2 unspecified atom stereocenters. The van der Waals surface area contributed by atoms with Crippen molar-refractivity contribution in [3.8, 4) is 0 Å². The summed E-state index contributed by atoms with van der Waals surface area (Å²) in [6, 6.07) is 4.04. The van der Waals surface area contributed by atoms with E-state index in [4.69, 9.17) is 9.47 Å². The second-order valence-electron chi connectivity index (χ2n) is 4.07. The maximum atomic E-state index is 11.5. The van der Waals surface area contributed by atoms with E-state index in [1.165, 1.54) is 12.0 Å². The molecule has 0 aliphatic carbocycles. The van der Waals surface area contributed by atoms with Crippen LogP contribution in [0.1, 0.15) is 23.6 Å². The molecule has 0 saturated carbocycles. The Kier molecular flexibility index (Phi) is 2.17. The highest BCUT2D eigenvalue weighted by Crippen LogP contribution is 2.57. The summed E-state index contributed by atoms with van der Waals surface area (Å²) in [6.07, 6.45) is 0. The first-order valence-corrected chi connectivity index (χ1v) is 5.61. The average molecular weight is 226 g/mol. The standard InChI is InChI=1S/C11H14O3S/c1-7-5-6-8(15-7)10(2)11(3,14-10)9(12)13-4/h5-6H,1-4H3. The Hall–Kier alpha value is -0.870. The first kappa shape index (κ1) is 10.6. The van der Waals surface area contributed by atoms with Crippen molar-refractivity contribution in [2.75, 3.05) is 7.11 Å². The zero-order valence-corrected chi connectivity index (χ0v) is 10.1. The Bertz CT molecular complexity index is 412. The molecule has 1 fully saturated rings. The lowest BCUT2D eigenvalue weighted by molar-refractivity contribution is -0.146. The first-order chi connectivity index (χ1) is 6.94. The molecule has 0 aromatic carbocycles. The van der Waals surface area contributed by atoms with E-state index in [1.54, 1.807) is 18.3 Å². The van der Waals surface area contributed by atoms with Crippen molar-refractivity contribution in [1.82, 2.24) is 0 Å². The van der Waals surface area contributed by atoms with E-state index in [0.29, 0.717) is 0 Å². The van der Waals surface area contributed by atoms with Gasteiger partial charge in [-0.25, -0.2) is 4.79 Å². The van der Waals surface area contributed by atoms with Crippen LogP contribution in [0.5, 0.6) is 0 Å². The van der Waals surface area contributed by atoms with Gasteiger partial charge >= 0.3 is 5.97 Å². The number of hydrogen-bond donors (Lipinski definition) is 0. The van der Waals surface area contributed by atoms with E-state index in [1.807, 2.05) is 26.0 Å². The number of thiophene rings is 1. The SMILES string of the molecule is COC(=O)C1(C)OC1(C)c1ccc(C)s1. The Morgan fingerprint density at radius 1 is 1.47 bits per heavy atom. The summed E-state index contributed by atoms with van der Waals surface area (Å²) in [7, 11) is 1.38. The number of methoxy groups -OCH3 is 1. The third-order valence-electron chi connectivity index (χ3n) is 3.06. The van der Waals surface area contributed by atoms with E-state index in [0.717, 1.165) is 4.88 Å². The van der Waals surface area contributed by atoms with Crippen molar-refractivity contribution in [3.05, 3.63) is 21.9 Å². The van der Waals surface area contributed by atoms with Gasteiger partial charge in [0.15, 0.2) is 5.60 Å². The molecule has 0 bridgehead atoms. The lowest BCUT2D eigenvalue weighted by atomic mass is 9.95. The van der Waals surface area contributed by atoms with Crippen molar-refractivity contribution < 1.29 is 14.3 Å². The fraction of sp³-hybridized carbons (Fsp3) is 0.545. The van der Waals surface area contributed by atoms with Gasteiger partial charge in [0.05, 0.1) is 7.11 Å². The van der Waals surface area contributed by atoms with Gasteiger partial charge in [0.2, 0.25) is 0 Å². The van der Waals surface area contributed by atoms with Crippen LogP contribution >= 0.6 is 11.3 Å². The Morgan fingerprint density at radius 2 is 2.13 bits per heavy atom. The molecule has 3 nitrogen and oxygen atoms in total. The summed E-state index contributed by atoms with van der Waals surface area (Å²) in [5.74, 6) is -0.309. The maximum absolute atomic E-state index is 11.5. The quantitative estimate of drug-likeness (QED) is 0.573. The largest absolute Gasteiger partial charge is 0.467 e. The summed E-state index contributed by atoms with van der Waals surface area (Å²) in [6.45, 7) is 5.73. The van der Waals surface area contributed by atoms with Crippen molar-refractivity contribution in [1.29, 1.82) is 0 Å². The zero-order valence-electron chi connectivity index (χ0n) is 9.29. The summed E-state index contributed by atoms with van der Waals surface area (Å²) in [5.41, 5.74) is -1.34. The van der Waals surface area contributed by atoms with Crippen molar-refractivity contribution in [2.45, 2.75) is 32.0 Å². The van der Waals surface area contributed by atoms with Crippen LogP contribution in [0, 0.1) is 6.92 Å². The molecule has 0 spiro atoms. The molecule has 2 rings (SSSR count). The van der Waals surface area contributed by atoms with Gasteiger partial charge in [-0.15, -0.1) is 11.3 Å². The summed E-state index contributed by atoms with van der Waals surface area (Å²) in [4.78, 5) is 13.8. The normalized spacial score (nSPS) is 33.9. The molecule has 2 heterocycles. The summed E-state index contributed by atoms with van der Waals surface area (Å²) >= 11 is 1.65. The molecular formula is C11H14O3S. The molecule has 1 saturated heterocycles. The number of ether oxygens (including phenoxy) is 2. The van der Waals surface area contributed by atoms with Crippen LogP contribution in [0.3, 0.4) is 0 Å². The minimum absolute atomic E-state index is 0.309. The summed E-state index contributed by atoms with van der Waals surface area (Å²) in [5, 5.41) is 0. The molecule has 0 N–H and O–H groups in total. The molecule has 4 heteroatoms. The van der Waals surface area contributed by atoms with Crippen LogP contribution in [-0.2, 0) is 19.9 Å². The number of carbonyl (C=O) groups excluding carboxylic acids is 1. The molecule has 1 aromatic heterocycles. The van der Waals surface area contributed by atoms with Crippen LogP contribution in [0.2, 0.25) is 0 Å². The van der Waals surface area contributed by atoms with Gasteiger partial charge in [0.25, 0.3) is 0 Å². The van der Waals surface area contributed by atoms with Crippen LogP contribution < -0.4 is 0 Å². The Morgan fingerprint density at radius 3 is 2.60 bits per heavy atom. The van der Waals surface area contributed by atoms with Crippen LogP contribution in [0.4, 0.5) is 0 Å². The van der Waals surface area contributed by atoms with Gasteiger partial charge in [0.1, 0.15) is 5.60 Å². The molecule has 1 aliphatic rings. The average Bonchev–Trinajstić information content (AvgIpc) is 2.60. The predicted molar refractivity (Wildman–Crippen MR) is 57.9 cm³/mol. The highest BCUT2D eigenvalue weighted by atomic mass is 32.1. The van der Waals surface area contributed by atoms with Gasteiger partial charge in [-0.3, -0.25) is 0 Å². The maximum Gasteiger partial charge on any atom is 0.341 e. The monoisotopic (exact) mass is 226 g/mol. The van der Waals surface area contributed by atoms with E-state index in [9.17, 15) is 4.79 Å². The zero-order chi connectivity index (χ0) is 11.3. The number of carbonyl (C=O) groups is 1. The molecule has 82 valence electrons. The van der Waals surface area contributed by atoms with Crippen molar-refractivity contribution in [2.24, 2.45) is 0 Å². The van der Waals surface area contributed by atoms with Gasteiger partial charge in [0, 0.05) is 9.75 Å². The molecular weight excluding hydrogens is 212 g/mol. The van der Waals surface area contributed by atoms with Crippen molar-refractivity contribution in [3.63, 3.8) is 0 Å². The minimum atomic E-state index is -0.820. The van der Waals surface area contributed by atoms with Gasteiger partial charge in [-0.2, -0.15) is 0 Å². The second-order valence-corrected chi connectivity index (χ2v) is 5.36. The van der Waals surface area contributed by atoms with E-state index < -0.39 is 11.2 Å². The van der Waals surface area contributed by atoms with E-state index >= 15 is 0 Å². The Balaban J connectivity index is 2.30. The molecule has 0 amide bonds. The van der Waals surface area contributed by atoms with Gasteiger partial charge < -0.3 is 9.47 Å². The number of esters is 1. The lowest BCUT2D eigenvalue weighted by Crippen LogP contribution is -2.28. The lowest BCUT2D eigenvalue weighted by Gasteiger charge is -2.08. The highest BCUT2D eigenvalue weighted by molar-refractivity contribution is 7.12. The van der Waals surface area contributed by atoms with Crippen LogP contribution in [0.15, 0.2) is 12.1 Å². The number of aryl methyl sites for hydroxylation is 1. The number of epoxide rings is 1. The highest BCUT2D eigenvalue weighted by Gasteiger charge is 2.71. The molecule has 0 radical (unpaired) electrons. The van der Waals surface area contributed by atoms with Crippen LogP contribution in [0.25, 0.3) is 0 Å².